The first-order valence-electron chi connectivity index (χ1n) is 6.22. The summed E-state index contributed by atoms with van der Waals surface area (Å²) in [6.45, 7) is -0.765. The maximum atomic E-state index is 12.7. The second-order valence-electron chi connectivity index (χ2n) is 4.26. The molecule has 2 aromatic rings. The molecule has 0 N–H and O–H groups in total. The van der Waals surface area contributed by atoms with E-state index in [1.165, 1.54) is 6.07 Å². The Morgan fingerprint density at radius 1 is 1.35 bits per heavy atom. The summed E-state index contributed by atoms with van der Waals surface area (Å²) >= 11 is 1.79. The predicted molar refractivity (Wildman–Crippen MR) is 84.8 cm³/mol. The van der Waals surface area contributed by atoms with Crippen molar-refractivity contribution >= 4 is 22.6 Å². The molecule has 0 saturated carbocycles. The Bertz CT molecular complexity index is 758. The summed E-state index contributed by atoms with van der Waals surface area (Å²) in [6, 6.07) is 12.7. The van der Waals surface area contributed by atoms with Gasteiger partial charge >= 0.3 is 0 Å². The number of aromatic nitrogens is 1. The van der Waals surface area contributed by atoms with Crippen LogP contribution in [-0.4, -0.2) is 17.6 Å². The van der Waals surface area contributed by atoms with E-state index in [1.807, 2.05) is 6.07 Å². The number of halogens is 3. The maximum absolute atomic E-state index is 12.7. The summed E-state index contributed by atoms with van der Waals surface area (Å²) in [7, 11) is 0. The number of hydrogen-bond acceptors (Lipinski definition) is 3. The van der Waals surface area contributed by atoms with Crippen molar-refractivity contribution in [2.75, 3.05) is 6.61 Å². The fourth-order valence-electron chi connectivity index (χ4n) is 1.88. The molecule has 1 aromatic heterocycles. The van der Waals surface area contributed by atoms with E-state index in [9.17, 15) is 13.6 Å². The van der Waals surface area contributed by atoms with Gasteiger partial charge in [-0.3, -0.25) is 4.79 Å². The van der Waals surface area contributed by atoms with E-state index in [4.69, 9.17) is 10.00 Å². The van der Waals surface area contributed by atoms with Crippen LogP contribution in [0.25, 0.3) is 11.3 Å². The third kappa shape index (κ3) is 5.33. The van der Waals surface area contributed by atoms with Gasteiger partial charge in [-0.15, -0.1) is 34.7 Å². The van der Waals surface area contributed by atoms with E-state index < -0.39 is 18.5 Å². The molecule has 0 bridgehead atoms. The van der Waals surface area contributed by atoms with Gasteiger partial charge in [-0.05, 0) is 15.7 Å². The quantitative estimate of drug-likeness (QED) is 0.465. The van der Waals surface area contributed by atoms with Gasteiger partial charge in [-0.1, -0.05) is 11.3 Å². The van der Waals surface area contributed by atoms with E-state index in [0.29, 0.717) is 14.9 Å². The fraction of sp³-hybridized carbons (Fsp3) is 0.200. The van der Waals surface area contributed by atoms with Crippen LogP contribution in [0.4, 0.5) is 8.78 Å². The van der Waals surface area contributed by atoms with E-state index in [-0.39, 0.29) is 45.0 Å². The van der Waals surface area contributed by atoms with Crippen molar-refractivity contribution in [1.82, 2.24) is 4.57 Å². The number of pyridine rings is 1. The largest absolute Gasteiger partial charge is 0.479 e. The molecule has 0 aliphatic rings. The molecule has 117 valence electrons. The van der Waals surface area contributed by atoms with Crippen molar-refractivity contribution in [1.29, 1.82) is 5.26 Å². The molecule has 0 amide bonds. The van der Waals surface area contributed by atoms with Crippen LogP contribution in [0.15, 0.2) is 35.1 Å². The molecule has 0 spiro atoms. The molecule has 1 radical (unpaired) electrons. The smallest absolute Gasteiger partial charge is 0.256 e. The topological polar surface area (TPSA) is 55.0 Å². The molecule has 4 nitrogen and oxygen atoms in total. The van der Waals surface area contributed by atoms with Crippen molar-refractivity contribution in [3.8, 4) is 23.1 Å². The van der Waals surface area contributed by atoms with E-state index >= 15 is 0 Å². The molecule has 0 fully saturated rings. The Hall–Kier alpha value is -0.846. The summed E-state index contributed by atoms with van der Waals surface area (Å²) in [6.07, 6.45) is -2.64. The number of hydrogen-bond donors (Lipinski definition) is 0. The van der Waals surface area contributed by atoms with Crippen molar-refractivity contribution in [3.05, 3.63) is 50.3 Å². The normalized spacial score (nSPS) is 10.0. The second-order valence-corrected chi connectivity index (χ2v) is 5.43. The van der Waals surface area contributed by atoms with E-state index in [0.717, 1.165) is 4.57 Å². The number of benzene rings is 1. The molecule has 1 aromatic carbocycles. The van der Waals surface area contributed by atoms with Gasteiger partial charge in [0.25, 0.3) is 6.43 Å². The van der Waals surface area contributed by atoms with Gasteiger partial charge in [-0.2, -0.15) is 17.4 Å². The fourth-order valence-corrected chi connectivity index (χ4v) is 2.32. The Labute approximate surface area is 170 Å². The summed E-state index contributed by atoms with van der Waals surface area (Å²) in [5.74, 6) is 0.485. The first-order chi connectivity index (χ1) is 10.5. The van der Waals surface area contributed by atoms with Crippen LogP contribution in [0, 0.1) is 21.0 Å². The van der Waals surface area contributed by atoms with Gasteiger partial charge in [0.1, 0.15) is 11.8 Å². The molecule has 2 rings (SSSR count). The zero-order chi connectivity index (χ0) is 16.1. The van der Waals surface area contributed by atoms with Crippen molar-refractivity contribution in [2.45, 2.75) is 13.0 Å². The molecular weight excluding hydrogens is 494 g/mol. The van der Waals surface area contributed by atoms with Crippen molar-refractivity contribution in [2.24, 2.45) is 0 Å². The predicted octanol–water partition coefficient (Wildman–Crippen LogP) is 3.09. The first-order valence-corrected chi connectivity index (χ1v) is 7.30. The molecule has 0 aliphatic heterocycles. The molecule has 0 aliphatic carbocycles. The number of rotatable bonds is 5. The zero-order valence-corrected chi connectivity index (χ0v) is 16.8. The maximum Gasteiger partial charge on any atom is 0.256 e. The average molecular weight is 504 g/mol. The van der Waals surface area contributed by atoms with Crippen LogP contribution < -0.4 is 10.3 Å². The minimum absolute atomic E-state index is 0. The van der Waals surface area contributed by atoms with E-state index in [2.05, 4.69) is 6.07 Å². The molecule has 0 saturated heterocycles. The third-order valence-corrected chi connectivity index (χ3v) is 3.58. The molecule has 23 heavy (non-hydrogen) atoms. The van der Waals surface area contributed by atoms with Gasteiger partial charge in [0, 0.05) is 32.7 Å². The number of nitrogens with zero attached hydrogens (tertiary/aromatic N) is 2. The molecular formula is C15H10F2IN2O2Y-. The van der Waals surface area contributed by atoms with Gasteiger partial charge in [-0.25, -0.2) is 8.78 Å². The van der Waals surface area contributed by atoms with Crippen LogP contribution in [0.1, 0.15) is 0 Å². The van der Waals surface area contributed by atoms with Crippen LogP contribution >= 0.6 is 22.6 Å². The summed E-state index contributed by atoms with van der Waals surface area (Å²) < 4.78 is 31.9. The number of ether oxygens (including phenoxy) is 1. The Balaban J connectivity index is 0.00000264. The molecule has 1 heterocycles. The van der Waals surface area contributed by atoms with Crippen LogP contribution in [0.2, 0.25) is 0 Å². The number of alkyl halides is 2. The van der Waals surface area contributed by atoms with Gasteiger partial charge in [0.2, 0.25) is 5.56 Å². The van der Waals surface area contributed by atoms with Gasteiger partial charge in [0.15, 0.2) is 6.61 Å². The molecule has 8 heteroatoms. The van der Waals surface area contributed by atoms with Crippen molar-refractivity contribution < 1.29 is 46.2 Å². The third-order valence-electron chi connectivity index (χ3n) is 2.81. The SMILES string of the molecule is N#CCOc1ccc(-c2[c-]cc(I)c(=O)n2CC(F)F)cc1.[Y]. The van der Waals surface area contributed by atoms with Crippen LogP contribution in [0.3, 0.4) is 0 Å². The van der Waals surface area contributed by atoms with Gasteiger partial charge in [0.05, 0.1) is 6.54 Å². The average Bonchev–Trinajstić information content (AvgIpc) is 2.50. The Morgan fingerprint density at radius 2 is 2.00 bits per heavy atom. The minimum atomic E-state index is -2.64. The van der Waals surface area contributed by atoms with Crippen LogP contribution in [-0.2, 0) is 39.3 Å². The summed E-state index contributed by atoms with van der Waals surface area (Å²) in [5.41, 5.74) is 0.385. The summed E-state index contributed by atoms with van der Waals surface area (Å²) in [5, 5.41) is 8.45. The zero-order valence-electron chi connectivity index (χ0n) is 11.8. The van der Waals surface area contributed by atoms with E-state index in [1.54, 1.807) is 46.9 Å². The first kappa shape index (κ1) is 20.2. The Morgan fingerprint density at radius 3 is 2.57 bits per heavy atom. The molecule has 0 atom stereocenters. The minimum Gasteiger partial charge on any atom is -0.479 e. The number of nitriles is 1. The summed E-state index contributed by atoms with van der Waals surface area (Å²) in [4.78, 5) is 12.0. The van der Waals surface area contributed by atoms with Crippen LogP contribution in [0.5, 0.6) is 5.75 Å². The Kier molecular flexibility index (Phi) is 8.30. The second kappa shape index (κ2) is 9.45. The monoisotopic (exact) mass is 504 g/mol. The molecule has 0 unspecified atom stereocenters. The van der Waals surface area contributed by atoms with Gasteiger partial charge < -0.3 is 9.30 Å². The van der Waals surface area contributed by atoms with Crippen molar-refractivity contribution in [3.63, 3.8) is 0 Å². The standard InChI is InChI=1S/C15H10F2IN2O2.Y/c16-14(17)9-20-13(6-5-12(18)15(20)21)10-1-3-11(4-2-10)22-8-7-19;/h1-5,14H,8-9H2;/q-1;.